The van der Waals surface area contributed by atoms with Crippen molar-refractivity contribution in [1.82, 2.24) is 10.2 Å². The normalized spacial score (nSPS) is 21.6. The lowest BCUT2D eigenvalue weighted by Crippen LogP contribution is -2.38. The molecule has 1 aromatic rings. The second-order valence-electron chi connectivity index (χ2n) is 5.52. The highest BCUT2D eigenvalue weighted by molar-refractivity contribution is 5.34. The Balaban J connectivity index is 1.93. The third-order valence-corrected chi connectivity index (χ3v) is 3.83. The predicted molar refractivity (Wildman–Crippen MR) is 75.2 cm³/mol. The molecular formula is C15H21F3N2O. The van der Waals surface area contributed by atoms with Crippen molar-refractivity contribution >= 4 is 0 Å². The van der Waals surface area contributed by atoms with Crippen molar-refractivity contribution in [1.29, 1.82) is 0 Å². The van der Waals surface area contributed by atoms with Crippen LogP contribution < -0.4 is 5.32 Å². The number of para-hydroxylation sites is 1. The van der Waals surface area contributed by atoms with E-state index in [1.165, 1.54) is 4.90 Å². The number of alkyl halides is 3. The van der Waals surface area contributed by atoms with Crippen molar-refractivity contribution in [2.24, 2.45) is 0 Å². The zero-order chi connectivity index (χ0) is 15.5. The van der Waals surface area contributed by atoms with E-state index in [1.54, 1.807) is 12.1 Å². The summed E-state index contributed by atoms with van der Waals surface area (Å²) in [6.07, 6.45) is -2.68. The van der Waals surface area contributed by atoms with Crippen LogP contribution >= 0.6 is 0 Å². The van der Waals surface area contributed by atoms with Crippen molar-refractivity contribution in [3.8, 4) is 5.75 Å². The van der Waals surface area contributed by atoms with E-state index < -0.39 is 12.7 Å². The molecule has 21 heavy (non-hydrogen) atoms. The number of likely N-dealkylation sites (tertiary alicyclic amines) is 1. The Labute approximate surface area is 122 Å². The lowest BCUT2D eigenvalue weighted by atomic mass is 10.0. The second-order valence-corrected chi connectivity index (χ2v) is 5.52. The standard InChI is InChI=1S/C15H21F3N2O/c1-2-13(12-5-3-4-6-14(12)21)19-11-7-8-20(9-11)10-15(16,17)18/h3-6,11,13,19,21H,2,7-10H2,1H3/t11-,13+/m0/s1. The van der Waals surface area contributed by atoms with Crippen LogP contribution in [-0.4, -0.2) is 41.9 Å². The fourth-order valence-corrected chi connectivity index (χ4v) is 2.86. The van der Waals surface area contributed by atoms with Gasteiger partial charge >= 0.3 is 6.18 Å². The molecule has 2 rings (SSSR count). The molecule has 0 bridgehead atoms. The van der Waals surface area contributed by atoms with Gasteiger partial charge in [0, 0.05) is 30.7 Å². The van der Waals surface area contributed by atoms with Gasteiger partial charge < -0.3 is 10.4 Å². The molecule has 0 unspecified atom stereocenters. The van der Waals surface area contributed by atoms with Crippen LogP contribution in [-0.2, 0) is 0 Å². The summed E-state index contributed by atoms with van der Waals surface area (Å²) in [5.41, 5.74) is 0.800. The van der Waals surface area contributed by atoms with Crippen molar-refractivity contribution < 1.29 is 18.3 Å². The van der Waals surface area contributed by atoms with Crippen LogP contribution in [0.2, 0.25) is 0 Å². The molecule has 1 aliphatic rings. The van der Waals surface area contributed by atoms with Crippen LogP contribution in [0.5, 0.6) is 5.75 Å². The van der Waals surface area contributed by atoms with Gasteiger partial charge in [-0.3, -0.25) is 4.90 Å². The largest absolute Gasteiger partial charge is 0.508 e. The molecule has 0 saturated carbocycles. The lowest BCUT2D eigenvalue weighted by Gasteiger charge is -2.23. The molecule has 3 nitrogen and oxygen atoms in total. The maximum atomic E-state index is 12.4. The molecule has 1 fully saturated rings. The molecule has 2 N–H and O–H groups in total. The summed E-state index contributed by atoms with van der Waals surface area (Å²) in [4.78, 5) is 1.43. The van der Waals surface area contributed by atoms with Crippen LogP contribution in [0, 0.1) is 0 Å². The van der Waals surface area contributed by atoms with Crippen LogP contribution in [0.1, 0.15) is 31.4 Å². The molecule has 6 heteroatoms. The van der Waals surface area contributed by atoms with Crippen LogP contribution in [0.4, 0.5) is 13.2 Å². The number of benzene rings is 1. The summed E-state index contributed by atoms with van der Waals surface area (Å²) in [5, 5.41) is 13.3. The number of rotatable bonds is 5. The summed E-state index contributed by atoms with van der Waals surface area (Å²) in [5.74, 6) is 0.224. The summed E-state index contributed by atoms with van der Waals surface area (Å²) < 4.78 is 37.2. The molecule has 0 aromatic heterocycles. The lowest BCUT2D eigenvalue weighted by molar-refractivity contribution is -0.143. The molecule has 0 aliphatic carbocycles. The highest BCUT2D eigenvalue weighted by atomic mass is 19.4. The topological polar surface area (TPSA) is 35.5 Å². The van der Waals surface area contributed by atoms with Gasteiger partial charge in [0.15, 0.2) is 0 Å². The molecule has 1 heterocycles. The molecule has 118 valence electrons. The van der Waals surface area contributed by atoms with E-state index in [2.05, 4.69) is 5.32 Å². The summed E-state index contributed by atoms with van der Waals surface area (Å²) in [6.45, 7) is 1.99. The number of hydrogen-bond donors (Lipinski definition) is 2. The zero-order valence-corrected chi connectivity index (χ0v) is 12.0. The molecule has 1 aromatic carbocycles. The molecule has 0 radical (unpaired) electrons. The van der Waals surface area contributed by atoms with Gasteiger partial charge in [0.1, 0.15) is 5.75 Å². The number of nitrogens with zero attached hydrogens (tertiary/aromatic N) is 1. The highest BCUT2D eigenvalue weighted by Gasteiger charge is 2.34. The van der Waals surface area contributed by atoms with Gasteiger partial charge in [0.2, 0.25) is 0 Å². The Morgan fingerprint density at radius 2 is 2.10 bits per heavy atom. The summed E-state index contributed by atoms with van der Waals surface area (Å²) in [6, 6.07) is 7.07. The van der Waals surface area contributed by atoms with E-state index in [0.29, 0.717) is 19.5 Å². The average Bonchev–Trinajstić information content (AvgIpc) is 2.82. The van der Waals surface area contributed by atoms with Gasteiger partial charge in [-0.25, -0.2) is 0 Å². The van der Waals surface area contributed by atoms with E-state index in [9.17, 15) is 18.3 Å². The summed E-state index contributed by atoms with van der Waals surface area (Å²) >= 11 is 0. The van der Waals surface area contributed by atoms with Gasteiger partial charge in [-0.2, -0.15) is 13.2 Å². The summed E-state index contributed by atoms with van der Waals surface area (Å²) in [7, 11) is 0. The van der Waals surface area contributed by atoms with E-state index in [4.69, 9.17) is 0 Å². The van der Waals surface area contributed by atoms with Gasteiger partial charge in [-0.05, 0) is 18.9 Å². The Hall–Kier alpha value is -1.27. The number of halogens is 3. The third-order valence-electron chi connectivity index (χ3n) is 3.83. The maximum Gasteiger partial charge on any atom is 0.401 e. The minimum Gasteiger partial charge on any atom is -0.508 e. The Morgan fingerprint density at radius 3 is 2.71 bits per heavy atom. The number of phenolic OH excluding ortho intramolecular Hbond substituents is 1. The average molecular weight is 302 g/mol. The van der Waals surface area contributed by atoms with Crippen LogP contribution in [0.15, 0.2) is 24.3 Å². The highest BCUT2D eigenvalue weighted by Crippen LogP contribution is 2.28. The first-order valence-corrected chi connectivity index (χ1v) is 7.22. The van der Waals surface area contributed by atoms with Crippen molar-refractivity contribution in [3.63, 3.8) is 0 Å². The van der Waals surface area contributed by atoms with Crippen LogP contribution in [0.3, 0.4) is 0 Å². The predicted octanol–water partition coefficient (Wildman–Crippen LogP) is 3.07. The van der Waals surface area contributed by atoms with Crippen molar-refractivity contribution in [2.45, 2.75) is 38.0 Å². The van der Waals surface area contributed by atoms with E-state index >= 15 is 0 Å². The maximum absolute atomic E-state index is 12.4. The SMILES string of the molecule is CC[C@@H](N[C@H]1CCN(CC(F)(F)F)C1)c1ccccc1O. The fraction of sp³-hybridized carbons (Fsp3) is 0.600. The Bertz CT molecular complexity index is 464. The van der Waals surface area contributed by atoms with E-state index in [1.807, 2.05) is 19.1 Å². The third kappa shape index (κ3) is 4.61. The van der Waals surface area contributed by atoms with Crippen LogP contribution in [0.25, 0.3) is 0 Å². The first kappa shape index (κ1) is 16.1. The second kappa shape index (κ2) is 6.66. The monoisotopic (exact) mass is 302 g/mol. The van der Waals surface area contributed by atoms with E-state index in [-0.39, 0.29) is 17.8 Å². The molecule has 1 aliphatic heterocycles. The molecule has 0 spiro atoms. The Kier molecular flexibility index (Phi) is 5.11. The smallest absolute Gasteiger partial charge is 0.401 e. The quantitative estimate of drug-likeness (QED) is 0.877. The van der Waals surface area contributed by atoms with Gasteiger partial charge in [-0.1, -0.05) is 25.1 Å². The number of nitrogens with one attached hydrogen (secondary N) is 1. The van der Waals surface area contributed by atoms with Crippen molar-refractivity contribution in [2.75, 3.05) is 19.6 Å². The minimum atomic E-state index is -4.14. The number of hydrogen-bond acceptors (Lipinski definition) is 3. The van der Waals surface area contributed by atoms with Gasteiger partial charge in [-0.15, -0.1) is 0 Å². The molecule has 2 atom stereocenters. The van der Waals surface area contributed by atoms with Gasteiger partial charge in [0.25, 0.3) is 0 Å². The molecule has 1 saturated heterocycles. The molecule has 0 amide bonds. The number of phenols is 1. The van der Waals surface area contributed by atoms with Crippen molar-refractivity contribution in [3.05, 3.63) is 29.8 Å². The number of aromatic hydroxyl groups is 1. The zero-order valence-electron chi connectivity index (χ0n) is 12.0. The fourth-order valence-electron chi connectivity index (χ4n) is 2.86. The first-order chi connectivity index (χ1) is 9.89. The van der Waals surface area contributed by atoms with Gasteiger partial charge in [0.05, 0.1) is 6.54 Å². The molecular weight excluding hydrogens is 281 g/mol. The Morgan fingerprint density at radius 1 is 1.38 bits per heavy atom. The first-order valence-electron chi connectivity index (χ1n) is 7.22. The minimum absolute atomic E-state index is 0.0249. The van der Waals surface area contributed by atoms with E-state index in [0.717, 1.165) is 12.0 Å².